The molecular weight excluding hydrogens is 340 g/mol. The van der Waals surface area contributed by atoms with Gasteiger partial charge in [-0.25, -0.2) is 0 Å². The van der Waals surface area contributed by atoms with E-state index in [0.717, 1.165) is 24.6 Å². The fourth-order valence-corrected chi connectivity index (χ4v) is 3.48. The van der Waals surface area contributed by atoms with Crippen LogP contribution >= 0.6 is 11.6 Å². The Hall–Kier alpha value is -1.66. The number of nitrogens with zero attached hydrogens (tertiary/aromatic N) is 2. The zero-order valence-electron chi connectivity index (χ0n) is 14.8. The molecule has 0 amide bonds. The molecule has 0 atom stereocenters. The van der Waals surface area contributed by atoms with Crippen LogP contribution in [-0.4, -0.2) is 57.3 Å². The van der Waals surface area contributed by atoms with E-state index in [1.165, 1.54) is 32.4 Å². The van der Waals surface area contributed by atoms with Crippen LogP contribution in [0, 0.1) is 0 Å². The maximum absolute atomic E-state index is 6.28. The number of benzene rings is 1. The van der Waals surface area contributed by atoms with Crippen molar-refractivity contribution in [3.05, 3.63) is 22.7 Å². The summed E-state index contributed by atoms with van der Waals surface area (Å²) in [7, 11) is 1.78. The van der Waals surface area contributed by atoms with Crippen LogP contribution in [0.25, 0.3) is 0 Å². The van der Waals surface area contributed by atoms with Crippen LogP contribution in [0.2, 0.25) is 5.02 Å². The normalized spacial score (nSPS) is 18.1. The molecular formula is C18H27ClN4O2. The highest BCUT2D eigenvalue weighted by molar-refractivity contribution is 6.32. The van der Waals surface area contributed by atoms with Crippen molar-refractivity contribution in [3.63, 3.8) is 0 Å². The standard InChI is InChI=1S/C18H27ClN4O2/c1-20-18(21-5-8-23-6-3-2-4-7-23)22-13-14-11-15(19)17-16(12-14)24-9-10-25-17/h11-12H,2-10,13H2,1H3,(H2,20,21,22). The molecule has 1 aromatic carbocycles. The summed E-state index contributed by atoms with van der Waals surface area (Å²) in [5, 5.41) is 7.28. The fourth-order valence-electron chi connectivity index (χ4n) is 3.19. The smallest absolute Gasteiger partial charge is 0.191 e. The van der Waals surface area contributed by atoms with Crippen LogP contribution in [0.3, 0.4) is 0 Å². The van der Waals surface area contributed by atoms with Crippen LogP contribution in [-0.2, 0) is 6.54 Å². The second-order valence-electron chi connectivity index (χ2n) is 6.36. The van der Waals surface area contributed by atoms with Crippen molar-refractivity contribution >= 4 is 17.6 Å². The van der Waals surface area contributed by atoms with Crippen LogP contribution in [0.5, 0.6) is 11.5 Å². The zero-order valence-corrected chi connectivity index (χ0v) is 15.6. The summed E-state index contributed by atoms with van der Waals surface area (Å²) in [6.07, 6.45) is 4.00. The number of guanidine groups is 1. The molecule has 0 bridgehead atoms. The fraction of sp³-hybridized carbons (Fsp3) is 0.611. The first-order valence-corrected chi connectivity index (χ1v) is 9.39. The van der Waals surface area contributed by atoms with Gasteiger partial charge >= 0.3 is 0 Å². The summed E-state index contributed by atoms with van der Waals surface area (Å²) in [5.74, 6) is 2.15. The minimum atomic E-state index is 0.540. The summed E-state index contributed by atoms with van der Waals surface area (Å²) in [6, 6.07) is 3.87. The summed E-state index contributed by atoms with van der Waals surface area (Å²) < 4.78 is 11.2. The highest BCUT2D eigenvalue weighted by atomic mass is 35.5. The molecule has 0 aliphatic carbocycles. The first kappa shape index (κ1) is 18.1. The maximum Gasteiger partial charge on any atom is 0.191 e. The van der Waals surface area contributed by atoms with Gasteiger partial charge in [0.05, 0.1) is 5.02 Å². The third-order valence-electron chi connectivity index (χ3n) is 4.51. The maximum atomic E-state index is 6.28. The van der Waals surface area contributed by atoms with E-state index in [0.29, 0.717) is 36.3 Å². The van der Waals surface area contributed by atoms with E-state index >= 15 is 0 Å². The summed E-state index contributed by atoms with van der Waals surface area (Å²) in [6.45, 7) is 6.09. The molecule has 2 aliphatic rings. The SMILES string of the molecule is CN=C(NCCN1CCCCC1)NCc1cc(Cl)c2c(c1)OCCO2. The van der Waals surface area contributed by atoms with E-state index in [-0.39, 0.29) is 0 Å². The Kier molecular flexibility index (Phi) is 6.64. The van der Waals surface area contributed by atoms with Crippen molar-refractivity contribution in [3.8, 4) is 11.5 Å². The lowest BCUT2D eigenvalue weighted by atomic mass is 10.1. The Morgan fingerprint density at radius 1 is 1.16 bits per heavy atom. The number of hydrogen-bond acceptors (Lipinski definition) is 4. The molecule has 138 valence electrons. The summed E-state index contributed by atoms with van der Waals surface area (Å²) >= 11 is 6.28. The second-order valence-corrected chi connectivity index (χ2v) is 6.76. The average Bonchev–Trinajstić information content (AvgIpc) is 2.65. The quantitative estimate of drug-likeness (QED) is 0.618. The number of fused-ring (bicyclic) bond motifs is 1. The molecule has 0 unspecified atom stereocenters. The molecule has 0 aromatic heterocycles. The molecule has 1 saturated heterocycles. The molecule has 0 radical (unpaired) electrons. The van der Waals surface area contributed by atoms with Gasteiger partial charge in [-0.1, -0.05) is 18.0 Å². The van der Waals surface area contributed by atoms with E-state index in [4.69, 9.17) is 21.1 Å². The number of nitrogens with one attached hydrogen (secondary N) is 2. The zero-order chi connectivity index (χ0) is 17.5. The Labute approximate surface area is 154 Å². The first-order chi connectivity index (χ1) is 12.3. The molecule has 3 rings (SSSR count). The predicted molar refractivity (Wildman–Crippen MR) is 101 cm³/mol. The van der Waals surface area contributed by atoms with Crippen molar-refractivity contribution in [2.75, 3.05) is 46.4 Å². The number of ether oxygens (including phenoxy) is 2. The molecule has 2 aliphatic heterocycles. The number of halogens is 1. The van der Waals surface area contributed by atoms with E-state index in [2.05, 4.69) is 20.5 Å². The van der Waals surface area contributed by atoms with Crippen molar-refractivity contribution < 1.29 is 9.47 Å². The van der Waals surface area contributed by atoms with Crippen molar-refractivity contribution in [1.82, 2.24) is 15.5 Å². The molecule has 1 fully saturated rings. The van der Waals surface area contributed by atoms with Gasteiger partial charge < -0.3 is 25.0 Å². The number of aliphatic imine (C=N–C) groups is 1. The Bertz CT molecular complexity index is 603. The molecule has 0 saturated carbocycles. The van der Waals surface area contributed by atoms with E-state index in [1.54, 1.807) is 7.05 Å². The van der Waals surface area contributed by atoms with Crippen LogP contribution in [0.4, 0.5) is 0 Å². The van der Waals surface area contributed by atoms with Gasteiger partial charge in [-0.15, -0.1) is 0 Å². The number of rotatable bonds is 5. The molecule has 25 heavy (non-hydrogen) atoms. The lowest BCUT2D eigenvalue weighted by Crippen LogP contribution is -2.42. The van der Waals surface area contributed by atoms with Gasteiger partial charge in [0.1, 0.15) is 13.2 Å². The largest absolute Gasteiger partial charge is 0.486 e. The van der Waals surface area contributed by atoms with Gasteiger partial charge in [0.25, 0.3) is 0 Å². The van der Waals surface area contributed by atoms with Crippen LogP contribution in [0.1, 0.15) is 24.8 Å². The third-order valence-corrected chi connectivity index (χ3v) is 4.79. The molecule has 2 heterocycles. The first-order valence-electron chi connectivity index (χ1n) is 9.01. The number of piperidine rings is 1. The Morgan fingerprint density at radius 2 is 1.96 bits per heavy atom. The molecule has 2 N–H and O–H groups in total. The lowest BCUT2D eigenvalue weighted by Gasteiger charge is -2.26. The minimum Gasteiger partial charge on any atom is -0.486 e. The van der Waals surface area contributed by atoms with Gasteiger partial charge in [-0.2, -0.15) is 0 Å². The van der Waals surface area contributed by atoms with Gasteiger partial charge in [0, 0.05) is 26.7 Å². The van der Waals surface area contributed by atoms with Gasteiger partial charge in [-0.05, 0) is 43.6 Å². The van der Waals surface area contributed by atoms with Crippen LogP contribution < -0.4 is 20.1 Å². The second kappa shape index (κ2) is 9.15. The summed E-state index contributed by atoms with van der Waals surface area (Å²) in [5.41, 5.74) is 1.04. The molecule has 7 heteroatoms. The third kappa shape index (κ3) is 5.16. The Balaban J connectivity index is 1.47. The number of likely N-dealkylation sites (tertiary alicyclic amines) is 1. The predicted octanol–water partition coefficient (Wildman–Crippen LogP) is 2.26. The molecule has 0 spiro atoms. The van der Waals surface area contributed by atoms with E-state index in [9.17, 15) is 0 Å². The summed E-state index contributed by atoms with van der Waals surface area (Å²) in [4.78, 5) is 6.79. The van der Waals surface area contributed by atoms with Gasteiger partial charge in [-0.3, -0.25) is 4.99 Å². The highest BCUT2D eigenvalue weighted by Crippen LogP contribution is 2.38. The lowest BCUT2D eigenvalue weighted by molar-refractivity contribution is 0.171. The molecule has 6 nitrogen and oxygen atoms in total. The van der Waals surface area contributed by atoms with Gasteiger partial charge in [0.2, 0.25) is 0 Å². The van der Waals surface area contributed by atoms with E-state index < -0.39 is 0 Å². The van der Waals surface area contributed by atoms with Crippen molar-refractivity contribution in [1.29, 1.82) is 0 Å². The number of hydrogen-bond donors (Lipinski definition) is 2. The van der Waals surface area contributed by atoms with E-state index in [1.807, 2.05) is 12.1 Å². The van der Waals surface area contributed by atoms with Crippen molar-refractivity contribution in [2.24, 2.45) is 4.99 Å². The topological polar surface area (TPSA) is 58.1 Å². The Morgan fingerprint density at radius 3 is 2.76 bits per heavy atom. The monoisotopic (exact) mass is 366 g/mol. The van der Waals surface area contributed by atoms with Gasteiger partial charge in [0.15, 0.2) is 17.5 Å². The van der Waals surface area contributed by atoms with Crippen molar-refractivity contribution in [2.45, 2.75) is 25.8 Å². The minimum absolute atomic E-state index is 0.540. The highest BCUT2D eigenvalue weighted by Gasteiger charge is 2.16. The average molecular weight is 367 g/mol. The van der Waals surface area contributed by atoms with Crippen LogP contribution in [0.15, 0.2) is 17.1 Å². The molecule has 1 aromatic rings.